The fourth-order valence-electron chi connectivity index (χ4n) is 1.48. The lowest BCUT2D eigenvalue weighted by atomic mass is 10.3. The summed E-state index contributed by atoms with van der Waals surface area (Å²) in [5, 5.41) is 9.96. The van der Waals surface area contributed by atoms with Gasteiger partial charge in [0.15, 0.2) is 11.9 Å². The fraction of sp³-hybridized carbons (Fsp3) is 0.231. The number of amides is 1. The minimum absolute atomic E-state index is 0.263. The molecule has 0 radical (unpaired) electrons. The number of carbonyl (C=O) groups is 1. The minimum Gasteiger partial charge on any atom is -0.481 e. The second-order valence-electron chi connectivity index (χ2n) is 4.14. The van der Waals surface area contributed by atoms with Crippen LogP contribution in [0.3, 0.4) is 0 Å². The maximum Gasteiger partial charge on any atom is 0.266 e. The number of halogens is 1. The number of rotatable bonds is 4. The monoisotopic (exact) mass is 279 g/mol. The average molecular weight is 280 g/mol. The number of carbonyl (C=O) groups excluding carboxylic acids is 1. The van der Waals surface area contributed by atoms with Gasteiger partial charge >= 0.3 is 0 Å². The fourth-order valence-corrected chi connectivity index (χ4v) is 1.61. The number of hydrogen-bond donors (Lipinski definition) is 2. The first-order valence-electron chi connectivity index (χ1n) is 5.79. The second-order valence-corrected chi connectivity index (χ2v) is 4.58. The summed E-state index contributed by atoms with van der Waals surface area (Å²) in [5.41, 5.74) is 0.876. The molecule has 100 valence electrons. The lowest BCUT2D eigenvalue weighted by Crippen LogP contribution is -2.30. The predicted octanol–water partition coefficient (Wildman–Crippen LogP) is 2.78. The van der Waals surface area contributed by atoms with E-state index in [0.29, 0.717) is 16.6 Å². The van der Waals surface area contributed by atoms with Crippen LogP contribution in [0.15, 0.2) is 30.3 Å². The molecule has 5 nitrogen and oxygen atoms in total. The Morgan fingerprint density at radius 2 is 2.11 bits per heavy atom. The van der Waals surface area contributed by atoms with E-state index in [2.05, 4.69) is 15.5 Å². The van der Waals surface area contributed by atoms with Gasteiger partial charge in [0.25, 0.3) is 5.91 Å². The molecular weight excluding hydrogens is 266 g/mol. The Morgan fingerprint density at radius 3 is 2.68 bits per heavy atom. The molecule has 1 amide bonds. The number of hydrogen-bond acceptors (Lipinski definition) is 3. The number of benzene rings is 1. The van der Waals surface area contributed by atoms with Gasteiger partial charge in [0.1, 0.15) is 5.75 Å². The van der Waals surface area contributed by atoms with Gasteiger partial charge < -0.3 is 10.1 Å². The summed E-state index contributed by atoms with van der Waals surface area (Å²) < 4.78 is 5.50. The standard InChI is InChI=1S/C13H14ClN3O2/c1-8-7-12(17-16-8)15-13(18)9(2)19-11-5-3-10(14)4-6-11/h3-7,9H,1-2H3,(H2,15,16,17,18). The molecule has 1 aromatic heterocycles. The van der Waals surface area contributed by atoms with Gasteiger partial charge in [-0.3, -0.25) is 9.89 Å². The van der Waals surface area contributed by atoms with Crippen molar-refractivity contribution < 1.29 is 9.53 Å². The van der Waals surface area contributed by atoms with Gasteiger partial charge in [-0.2, -0.15) is 5.10 Å². The molecule has 19 heavy (non-hydrogen) atoms. The SMILES string of the molecule is Cc1cc(NC(=O)C(C)Oc2ccc(Cl)cc2)n[nH]1. The third-order valence-corrected chi connectivity index (χ3v) is 2.70. The summed E-state index contributed by atoms with van der Waals surface area (Å²) in [5.74, 6) is 0.806. The highest BCUT2D eigenvalue weighted by Crippen LogP contribution is 2.17. The Hall–Kier alpha value is -2.01. The van der Waals surface area contributed by atoms with Crippen LogP contribution in [0, 0.1) is 6.92 Å². The normalized spacial score (nSPS) is 11.9. The molecule has 1 atom stereocenters. The van der Waals surface area contributed by atoms with Crippen LogP contribution in [0.4, 0.5) is 5.82 Å². The molecule has 6 heteroatoms. The number of anilines is 1. The zero-order valence-corrected chi connectivity index (χ0v) is 11.4. The molecule has 1 aromatic carbocycles. The van der Waals surface area contributed by atoms with Crippen molar-refractivity contribution in [2.45, 2.75) is 20.0 Å². The maximum atomic E-state index is 11.9. The van der Waals surface area contributed by atoms with Crippen molar-refractivity contribution in [3.63, 3.8) is 0 Å². The van der Waals surface area contributed by atoms with Crippen LogP contribution in [0.5, 0.6) is 5.75 Å². The van der Waals surface area contributed by atoms with Crippen LogP contribution in [0.25, 0.3) is 0 Å². The molecule has 0 aliphatic heterocycles. The molecular formula is C13H14ClN3O2. The number of aryl methyl sites for hydroxylation is 1. The Labute approximate surface area is 115 Å². The van der Waals surface area contributed by atoms with Crippen molar-refractivity contribution in [1.29, 1.82) is 0 Å². The summed E-state index contributed by atoms with van der Waals surface area (Å²) in [6.07, 6.45) is -0.627. The van der Waals surface area contributed by atoms with Crippen molar-refractivity contribution in [3.05, 3.63) is 41.0 Å². The molecule has 0 aliphatic rings. The zero-order valence-electron chi connectivity index (χ0n) is 10.6. The summed E-state index contributed by atoms with van der Waals surface area (Å²) in [6, 6.07) is 8.58. The quantitative estimate of drug-likeness (QED) is 0.904. The smallest absolute Gasteiger partial charge is 0.266 e. The van der Waals surface area contributed by atoms with E-state index in [1.807, 2.05) is 6.92 Å². The number of ether oxygens (including phenoxy) is 1. The molecule has 0 fully saturated rings. The highest BCUT2D eigenvalue weighted by Gasteiger charge is 2.15. The molecule has 2 aromatic rings. The summed E-state index contributed by atoms with van der Waals surface area (Å²) in [4.78, 5) is 11.9. The van der Waals surface area contributed by atoms with Crippen LogP contribution < -0.4 is 10.1 Å². The van der Waals surface area contributed by atoms with Crippen LogP contribution in [-0.2, 0) is 4.79 Å². The Morgan fingerprint density at radius 1 is 1.42 bits per heavy atom. The van der Waals surface area contributed by atoms with Crippen molar-refractivity contribution >= 4 is 23.3 Å². The van der Waals surface area contributed by atoms with E-state index in [9.17, 15) is 4.79 Å². The van der Waals surface area contributed by atoms with Crippen molar-refractivity contribution in [1.82, 2.24) is 10.2 Å². The van der Waals surface area contributed by atoms with Crippen LogP contribution in [0.1, 0.15) is 12.6 Å². The average Bonchev–Trinajstić information content (AvgIpc) is 2.77. The predicted molar refractivity (Wildman–Crippen MR) is 73.5 cm³/mol. The van der Waals surface area contributed by atoms with E-state index in [-0.39, 0.29) is 5.91 Å². The Balaban J connectivity index is 1.94. The molecule has 0 bridgehead atoms. The van der Waals surface area contributed by atoms with Crippen molar-refractivity contribution in [2.75, 3.05) is 5.32 Å². The van der Waals surface area contributed by atoms with Gasteiger partial charge in [0, 0.05) is 16.8 Å². The Kier molecular flexibility index (Phi) is 4.06. The van der Waals surface area contributed by atoms with E-state index in [1.165, 1.54) is 0 Å². The number of nitrogens with one attached hydrogen (secondary N) is 2. The van der Waals surface area contributed by atoms with Gasteiger partial charge in [0.05, 0.1) is 0 Å². The van der Waals surface area contributed by atoms with Gasteiger partial charge in [0.2, 0.25) is 0 Å². The third kappa shape index (κ3) is 3.72. The Bertz CT molecular complexity index is 566. The van der Waals surface area contributed by atoms with E-state index < -0.39 is 6.10 Å². The largest absolute Gasteiger partial charge is 0.481 e. The molecule has 0 aliphatic carbocycles. The van der Waals surface area contributed by atoms with Crippen LogP contribution in [0.2, 0.25) is 5.02 Å². The molecule has 2 rings (SSSR count). The van der Waals surface area contributed by atoms with Crippen LogP contribution >= 0.6 is 11.6 Å². The number of aromatic nitrogens is 2. The first-order chi connectivity index (χ1) is 9.04. The van der Waals surface area contributed by atoms with Crippen LogP contribution in [-0.4, -0.2) is 22.2 Å². The first-order valence-corrected chi connectivity index (χ1v) is 6.17. The minimum atomic E-state index is -0.627. The van der Waals surface area contributed by atoms with E-state index in [1.54, 1.807) is 37.3 Å². The molecule has 1 heterocycles. The second kappa shape index (κ2) is 5.75. The molecule has 0 saturated heterocycles. The maximum absolute atomic E-state index is 11.9. The summed E-state index contributed by atoms with van der Waals surface area (Å²) >= 11 is 5.77. The van der Waals surface area contributed by atoms with Gasteiger partial charge in [-0.15, -0.1) is 0 Å². The lowest BCUT2D eigenvalue weighted by molar-refractivity contribution is -0.122. The molecule has 2 N–H and O–H groups in total. The number of H-pyrrole nitrogens is 1. The highest BCUT2D eigenvalue weighted by atomic mass is 35.5. The topological polar surface area (TPSA) is 67.0 Å². The van der Waals surface area contributed by atoms with Gasteiger partial charge in [-0.1, -0.05) is 11.6 Å². The third-order valence-electron chi connectivity index (χ3n) is 2.45. The first kappa shape index (κ1) is 13.4. The van der Waals surface area contributed by atoms with Crippen molar-refractivity contribution in [3.8, 4) is 5.75 Å². The summed E-state index contributed by atoms with van der Waals surface area (Å²) in [7, 11) is 0. The molecule has 0 spiro atoms. The highest BCUT2D eigenvalue weighted by molar-refractivity contribution is 6.30. The summed E-state index contributed by atoms with van der Waals surface area (Å²) in [6.45, 7) is 3.53. The van der Waals surface area contributed by atoms with Crippen molar-refractivity contribution in [2.24, 2.45) is 0 Å². The van der Waals surface area contributed by atoms with Gasteiger partial charge in [-0.05, 0) is 38.1 Å². The lowest BCUT2D eigenvalue weighted by Gasteiger charge is -2.13. The van der Waals surface area contributed by atoms with Gasteiger partial charge in [-0.25, -0.2) is 0 Å². The van der Waals surface area contributed by atoms with E-state index in [0.717, 1.165) is 5.69 Å². The molecule has 1 unspecified atom stereocenters. The number of nitrogens with zero attached hydrogens (tertiary/aromatic N) is 1. The van der Waals surface area contributed by atoms with E-state index >= 15 is 0 Å². The zero-order chi connectivity index (χ0) is 13.8. The molecule has 0 saturated carbocycles. The number of aromatic amines is 1. The van der Waals surface area contributed by atoms with E-state index in [4.69, 9.17) is 16.3 Å².